The van der Waals surface area contributed by atoms with Crippen molar-refractivity contribution in [2.45, 2.75) is 38.4 Å². The number of hydrogen-bond donors (Lipinski definition) is 2. The van der Waals surface area contributed by atoms with Gasteiger partial charge in [-0.2, -0.15) is 0 Å². The van der Waals surface area contributed by atoms with Crippen molar-refractivity contribution in [2.24, 2.45) is 0 Å². The van der Waals surface area contributed by atoms with Crippen molar-refractivity contribution >= 4 is 23.6 Å². The lowest BCUT2D eigenvalue weighted by molar-refractivity contribution is -0.136. The Hall–Kier alpha value is -2.77. The van der Waals surface area contributed by atoms with E-state index in [9.17, 15) is 23.6 Å². The maximum Gasteiger partial charge on any atom is 0.255 e. The zero-order valence-electron chi connectivity index (χ0n) is 13.7. The Bertz CT molecular complexity index is 764. The molecule has 7 nitrogen and oxygen atoms in total. The summed E-state index contributed by atoms with van der Waals surface area (Å²) in [4.78, 5) is 49.3. The van der Waals surface area contributed by atoms with Crippen LogP contribution >= 0.6 is 0 Å². The Labute approximate surface area is 143 Å². The average Bonchev–Trinajstić information content (AvgIpc) is 2.91. The minimum atomic E-state index is -0.693. The number of rotatable bonds is 4. The predicted octanol–water partition coefficient (Wildman–Crippen LogP) is 0.535. The van der Waals surface area contributed by atoms with Crippen molar-refractivity contribution in [3.05, 3.63) is 34.9 Å². The first-order valence-corrected chi connectivity index (χ1v) is 8.05. The zero-order chi connectivity index (χ0) is 18.1. The number of nitrogens with one attached hydrogen (secondary N) is 2. The Balaban J connectivity index is 1.78. The fourth-order valence-electron chi connectivity index (χ4n) is 3.06. The first-order valence-electron chi connectivity index (χ1n) is 8.05. The van der Waals surface area contributed by atoms with Gasteiger partial charge in [-0.25, -0.2) is 4.39 Å². The van der Waals surface area contributed by atoms with Crippen LogP contribution in [0.5, 0.6) is 0 Å². The number of piperidine rings is 1. The molecule has 0 bridgehead atoms. The topological polar surface area (TPSA) is 95.6 Å². The molecule has 2 aliphatic rings. The minimum absolute atomic E-state index is 0.186. The van der Waals surface area contributed by atoms with E-state index in [4.69, 9.17) is 0 Å². The number of amides is 4. The highest BCUT2D eigenvalue weighted by Crippen LogP contribution is 2.28. The average molecular weight is 347 g/mol. The van der Waals surface area contributed by atoms with E-state index < -0.39 is 30.6 Å². The normalized spacial score (nSPS) is 21.0. The molecule has 8 heteroatoms. The molecule has 2 aliphatic heterocycles. The summed E-state index contributed by atoms with van der Waals surface area (Å²) in [5.74, 6) is -1.54. The van der Waals surface area contributed by atoms with E-state index in [0.717, 1.165) is 0 Å². The number of carbonyl (C=O) groups excluding carboxylic acids is 4. The lowest BCUT2D eigenvalue weighted by atomic mass is 10.0. The first-order chi connectivity index (χ1) is 11.9. The largest absolute Gasteiger partial charge is 0.347 e. The predicted molar refractivity (Wildman–Crippen MR) is 85.4 cm³/mol. The molecule has 2 heterocycles. The van der Waals surface area contributed by atoms with Gasteiger partial charge in [-0.15, -0.1) is 0 Å². The summed E-state index contributed by atoms with van der Waals surface area (Å²) in [6.45, 7) is 1.08. The fraction of sp³-hybridized carbons (Fsp3) is 0.412. The van der Waals surface area contributed by atoms with Crippen LogP contribution in [0.25, 0.3) is 0 Å². The molecule has 2 atom stereocenters. The standard InChI is InChI=1S/C17H18FN3O4/c1-9(7-18)19-15(23)10-2-3-12-11(6-10)8-21(17(12)25)13-4-5-14(22)20-16(13)24/h2-3,6,9,13H,4-5,7-8H2,1H3,(H,19,23)(H,20,22,24). The van der Waals surface area contributed by atoms with Gasteiger partial charge in [0.05, 0.1) is 6.04 Å². The molecular formula is C17H18FN3O4. The minimum Gasteiger partial charge on any atom is -0.347 e. The molecule has 0 aliphatic carbocycles. The summed E-state index contributed by atoms with van der Waals surface area (Å²) in [6.07, 6.45) is 0.469. The highest BCUT2D eigenvalue weighted by molar-refractivity contribution is 6.06. The number of imide groups is 1. The molecule has 0 radical (unpaired) electrons. The van der Waals surface area contributed by atoms with Gasteiger partial charge in [0.2, 0.25) is 11.8 Å². The molecule has 2 unspecified atom stereocenters. The Morgan fingerprint density at radius 2 is 2.16 bits per heavy atom. The van der Waals surface area contributed by atoms with Crippen molar-refractivity contribution < 1.29 is 23.6 Å². The van der Waals surface area contributed by atoms with Gasteiger partial charge < -0.3 is 10.2 Å². The second-order valence-corrected chi connectivity index (χ2v) is 6.30. The van der Waals surface area contributed by atoms with Gasteiger partial charge in [0, 0.05) is 24.1 Å². The molecule has 25 heavy (non-hydrogen) atoms. The van der Waals surface area contributed by atoms with Gasteiger partial charge in [0.25, 0.3) is 11.8 Å². The SMILES string of the molecule is CC(CF)NC(=O)c1ccc2c(c1)CN(C1CCC(=O)NC1=O)C2=O. The van der Waals surface area contributed by atoms with Crippen molar-refractivity contribution in [1.82, 2.24) is 15.5 Å². The van der Waals surface area contributed by atoms with E-state index in [1.54, 1.807) is 19.1 Å². The molecule has 132 valence electrons. The summed E-state index contributed by atoms with van der Waals surface area (Å²) in [5, 5.41) is 4.76. The van der Waals surface area contributed by atoms with Gasteiger partial charge in [0.15, 0.2) is 0 Å². The third kappa shape index (κ3) is 3.24. The number of hydrogen-bond acceptors (Lipinski definition) is 4. The third-order valence-electron chi connectivity index (χ3n) is 4.39. The van der Waals surface area contributed by atoms with Crippen molar-refractivity contribution in [3.8, 4) is 0 Å². The molecule has 2 N–H and O–H groups in total. The molecule has 0 spiro atoms. The van der Waals surface area contributed by atoms with Crippen LogP contribution in [0.1, 0.15) is 46.0 Å². The molecule has 3 rings (SSSR count). The van der Waals surface area contributed by atoms with Crippen LogP contribution in [0.15, 0.2) is 18.2 Å². The van der Waals surface area contributed by atoms with Crippen LogP contribution in [0.2, 0.25) is 0 Å². The van der Waals surface area contributed by atoms with E-state index in [1.165, 1.54) is 11.0 Å². The summed E-state index contributed by atoms with van der Waals surface area (Å²) in [6, 6.07) is 3.34. The lowest BCUT2D eigenvalue weighted by Gasteiger charge is -2.29. The number of alkyl halides is 1. The Kier molecular flexibility index (Phi) is 4.52. The van der Waals surface area contributed by atoms with Crippen LogP contribution in [0.4, 0.5) is 4.39 Å². The van der Waals surface area contributed by atoms with Crippen LogP contribution in [-0.2, 0) is 16.1 Å². The molecular weight excluding hydrogens is 329 g/mol. The zero-order valence-corrected chi connectivity index (χ0v) is 13.7. The van der Waals surface area contributed by atoms with Crippen LogP contribution < -0.4 is 10.6 Å². The highest BCUT2D eigenvalue weighted by Gasteiger charge is 2.39. The second-order valence-electron chi connectivity index (χ2n) is 6.30. The van der Waals surface area contributed by atoms with Gasteiger partial charge in [-0.05, 0) is 37.1 Å². The summed E-state index contributed by atoms with van der Waals surface area (Å²) < 4.78 is 12.5. The molecule has 1 aromatic carbocycles. The van der Waals surface area contributed by atoms with E-state index in [-0.39, 0.29) is 31.2 Å². The summed E-state index contributed by atoms with van der Waals surface area (Å²) >= 11 is 0. The number of carbonyl (C=O) groups is 4. The number of nitrogens with zero attached hydrogens (tertiary/aromatic N) is 1. The summed E-state index contributed by atoms with van der Waals surface area (Å²) in [5.41, 5.74) is 1.40. The second kappa shape index (κ2) is 6.62. The van der Waals surface area contributed by atoms with Crippen molar-refractivity contribution in [3.63, 3.8) is 0 Å². The number of halogens is 1. The van der Waals surface area contributed by atoms with Crippen molar-refractivity contribution in [2.75, 3.05) is 6.67 Å². The van der Waals surface area contributed by atoms with Crippen LogP contribution in [-0.4, -0.2) is 47.3 Å². The van der Waals surface area contributed by atoms with Gasteiger partial charge in [-0.1, -0.05) is 0 Å². The summed E-state index contributed by atoms with van der Waals surface area (Å²) in [7, 11) is 0. The van der Waals surface area contributed by atoms with E-state index in [0.29, 0.717) is 16.7 Å². The quantitative estimate of drug-likeness (QED) is 0.777. The maximum atomic E-state index is 12.5. The van der Waals surface area contributed by atoms with Crippen LogP contribution in [0, 0.1) is 0 Å². The molecule has 1 aromatic rings. The molecule has 1 fully saturated rings. The van der Waals surface area contributed by atoms with E-state index in [2.05, 4.69) is 10.6 Å². The lowest BCUT2D eigenvalue weighted by Crippen LogP contribution is -2.52. The van der Waals surface area contributed by atoms with Gasteiger partial charge >= 0.3 is 0 Å². The van der Waals surface area contributed by atoms with Crippen LogP contribution in [0.3, 0.4) is 0 Å². The van der Waals surface area contributed by atoms with Crippen molar-refractivity contribution in [1.29, 1.82) is 0 Å². The number of benzene rings is 1. The van der Waals surface area contributed by atoms with Gasteiger partial charge in [-0.3, -0.25) is 24.5 Å². The third-order valence-corrected chi connectivity index (χ3v) is 4.39. The maximum absolute atomic E-state index is 12.5. The smallest absolute Gasteiger partial charge is 0.255 e. The molecule has 0 saturated carbocycles. The van der Waals surface area contributed by atoms with E-state index in [1.807, 2.05) is 0 Å². The molecule has 0 aromatic heterocycles. The first kappa shape index (κ1) is 17.1. The monoisotopic (exact) mass is 347 g/mol. The van der Waals surface area contributed by atoms with E-state index >= 15 is 0 Å². The fourth-order valence-corrected chi connectivity index (χ4v) is 3.06. The Morgan fingerprint density at radius 3 is 2.84 bits per heavy atom. The highest BCUT2D eigenvalue weighted by atomic mass is 19.1. The van der Waals surface area contributed by atoms with Gasteiger partial charge in [0.1, 0.15) is 12.7 Å². The molecule has 1 saturated heterocycles. The Morgan fingerprint density at radius 1 is 1.40 bits per heavy atom. The number of fused-ring (bicyclic) bond motifs is 1. The molecule has 4 amide bonds.